The number of anilines is 2. The van der Waals surface area contributed by atoms with E-state index in [-0.39, 0.29) is 29.4 Å². The van der Waals surface area contributed by atoms with Crippen molar-refractivity contribution in [1.29, 1.82) is 0 Å². The predicted molar refractivity (Wildman–Crippen MR) is 123 cm³/mol. The first-order valence-electron chi connectivity index (χ1n) is 11.4. The molecule has 5 heterocycles. The lowest BCUT2D eigenvalue weighted by molar-refractivity contribution is 0.0926. The standard InChI is InChI=1S/C23H25N7O5/c31-20(28-17-3-1-7-24-19(17)21(32)27-15-6-12-33-13-15)18-14-34-23(29-18)30-10-4-16(5-11-30)35-22-25-8-2-9-26-22/h1-3,7-9,14-16H,4-6,10-13H2,(H,27,32)(H,28,31)/t15-/m0/s1. The molecule has 0 spiro atoms. The zero-order valence-electron chi connectivity index (χ0n) is 18.9. The number of aromatic nitrogens is 4. The van der Waals surface area contributed by atoms with Gasteiger partial charge >= 0.3 is 6.01 Å². The lowest BCUT2D eigenvalue weighted by Gasteiger charge is -2.30. The van der Waals surface area contributed by atoms with Gasteiger partial charge in [-0.3, -0.25) is 9.59 Å². The zero-order chi connectivity index (χ0) is 24.0. The van der Waals surface area contributed by atoms with E-state index in [1.165, 1.54) is 12.5 Å². The Morgan fingerprint density at radius 1 is 1.03 bits per heavy atom. The Balaban J connectivity index is 1.18. The minimum absolute atomic E-state index is 0.00248. The van der Waals surface area contributed by atoms with E-state index in [9.17, 15) is 9.59 Å². The number of ether oxygens (including phenoxy) is 2. The van der Waals surface area contributed by atoms with Gasteiger partial charge in [-0.05, 0) is 24.6 Å². The van der Waals surface area contributed by atoms with Gasteiger partial charge in [-0.1, -0.05) is 0 Å². The largest absolute Gasteiger partial charge is 0.460 e. The van der Waals surface area contributed by atoms with Crippen LogP contribution in [0.1, 0.15) is 40.2 Å². The average molecular weight is 479 g/mol. The van der Waals surface area contributed by atoms with Crippen LogP contribution in [0.2, 0.25) is 0 Å². The minimum atomic E-state index is -0.495. The molecule has 0 aliphatic carbocycles. The van der Waals surface area contributed by atoms with Crippen molar-refractivity contribution in [2.45, 2.75) is 31.4 Å². The second kappa shape index (κ2) is 10.5. The van der Waals surface area contributed by atoms with Gasteiger partial charge in [0.05, 0.1) is 18.3 Å². The summed E-state index contributed by atoms with van der Waals surface area (Å²) >= 11 is 0. The first-order valence-corrected chi connectivity index (χ1v) is 11.4. The molecule has 3 aromatic rings. The number of carbonyl (C=O) groups excluding carboxylic acids is 2. The van der Waals surface area contributed by atoms with Gasteiger partial charge in [0.2, 0.25) is 0 Å². The quantitative estimate of drug-likeness (QED) is 0.513. The van der Waals surface area contributed by atoms with Gasteiger partial charge in [0, 0.05) is 51.1 Å². The highest BCUT2D eigenvalue weighted by molar-refractivity contribution is 6.07. The normalized spacial score (nSPS) is 18.3. The molecule has 2 fully saturated rings. The van der Waals surface area contributed by atoms with E-state index in [1.54, 1.807) is 30.6 Å². The molecule has 2 aliphatic heterocycles. The third kappa shape index (κ3) is 5.54. The van der Waals surface area contributed by atoms with Crippen molar-refractivity contribution in [3.05, 3.63) is 54.4 Å². The monoisotopic (exact) mass is 479 g/mol. The van der Waals surface area contributed by atoms with Crippen molar-refractivity contribution in [3.8, 4) is 6.01 Å². The van der Waals surface area contributed by atoms with E-state index in [0.717, 1.165) is 19.3 Å². The molecule has 2 saturated heterocycles. The predicted octanol–water partition coefficient (Wildman–Crippen LogP) is 1.68. The number of hydrogen-bond donors (Lipinski definition) is 2. The molecule has 12 heteroatoms. The maximum absolute atomic E-state index is 12.8. The smallest absolute Gasteiger partial charge is 0.316 e. The molecule has 12 nitrogen and oxygen atoms in total. The Labute approximate surface area is 201 Å². The van der Waals surface area contributed by atoms with Crippen molar-refractivity contribution in [1.82, 2.24) is 25.3 Å². The summed E-state index contributed by atoms with van der Waals surface area (Å²) in [6.45, 7) is 2.37. The maximum Gasteiger partial charge on any atom is 0.316 e. The van der Waals surface area contributed by atoms with Crippen LogP contribution in [0.5, 0.6) is 6.01 Å². The number of nitrogens with one attached hydrogen (secondary N) is 2. The second-order valence-corrected chi connectivity index (χ2v) is 8.24. The van der Waals surface area contributed by atoms with E-state index in [1.807, 2.05) is 4.90 Å². The Bertz CT molecular complexity index is 1160. The van der Waals surface area contributed by atoms with E-state index < -0.39 is 5.91 Å². The third-order valence-corrected chi connectivity index (χ3v) is 5.79. The second-order valence-electron chi connectivity index (χ2n) is 8.24. The maximum atomic E-state index is 12.8. The molecule has 3 aromatic heterocycles. The van der Waals surface area contributed by atoms with Gasteiger partial charge in [0.15, 0.2) is 11.4 Å². The molecule has 1 atom stereocenters. The van der Waals surface area contributed by atoms with E-state index >= 15 is 0 Å². The number of hydrogen-bond acceptors (Lipinski definition) is 10. The summed E-state index contributed by atoms with van der Waals surface area (Å²) in [7, 11) is 0. The van der Waals surface area contributed by atoms with Crippen LogP contribution in [0.4, 0.5) is 11.7 Å². The molecule has 2 N–H and O–H groups in total. The molecule has 0 unspecified atom stereocenters. The number of oxazole rings is 1. The number of pyridine rings is 1. The van der Waals surface area contributed by atoms with Gasteiger partial charge in [0.25, 0.3) is 17.8 Å². The molecule has 2 amide bonds. The molecule has 182 valence electrons. The molecule has 0 radical (unpaired) electrons. The molecule has 2 aliphatic rings. The lowest BCUT2D eigenvalue weighted by Crippen LogP contribution is -2.38. The highest BCUT2D eigenvalue weighted by Crippen LogP contribution is 2.22. The highest BCUT2D eigenvalue weighted by Gasteiger charge is 2.26. The fourth-order valence-electron chi connectivity index (χ4n) is 3.95. The molecular formula is C23H25N7O5. The van der Waals surface area contributed by atoms with Crippen molar-refractivity contribution in [3.63, 3.8) is 0 Å². The fraction of sp³-hybridized carbons (Fsp3) is 0.391. The molecule has 0 aromatic carbocycles. The van der Waals surface area contributed by atoms with Crippen LogP contribution in [-0.2, 0) is 4.74 Å². The SMILES string of the molecule is O=C(Nc1cccnc1C(=O)N[C@H]1CCOC1)c1coc(N2CCC(Oc3ncccn3)CC2)n1. The van der Waals surface area contributed by atoms with Gasteiger partial charge < -0.3 is 29.4 Å². The highest BCUT2D eigenvalue weighted by atomic mass is 16.5. The van der Waals surface area contributed by atoms with Gasteiger partial charge in [-0.25, -0.2) is 15.0 Å². The number of piperidine rings is 1. The van der Waals surface area contributed by atoms with Gasteiger partial charge in [-0.2, -0.15) is 4.98 Å². The molecule has 0 saturated carbocycles. The van der Waals surface area contributed by atoms with E-state index in [0.29, 0.717) is 44.0 Å². The number of carbonyl (C=O) groups is 2. The van der Waals surface area contributed by atoms with Crippen LogP contribution in [-0.4, -0.2) is 70.2 Å². The van der Waals surface area contributed by atoms with Crippen LogP contribution in [0, 0.1) is 0 Å². The van der Waals surface area contributed by atoms with Crippen molar-refractivity contribution < 1.29 is 23.5 Å². The Hall–Kier alpha value is -4.06. The fourth-order valence-corrected chi connectivity index (χ4v) is 3.95. The summed E-state index contributed by atoms with van der Waals surface area (Å²) in [6, 6.07) is 5.65. The van der Waals surface area contributed by atoms with Crippen LogP contribution in [0.25, 0.3) is 0 Å². The number of nitrogens with zero attached hydrogens (tertiary/aromatic N) is 5. The Morgan fingerprint density at radius 2 is 1.83 bits per heavy atom. The van der Waals surface area contributed by atoms with Crippen LogP contribution < -0.4 is 20.3 Å². The number of amides is 2. The first kappa shape index (κ1) is 22.7. The molecule has 35 heavy (non-hydrogen) atoms. The summed E-state index contributed by atoms with van der Waals surface area (Å²) in [5.41, 5.74) is 0.524. The topological polar surface area (TPSA) is 145 Å². The molecular weight excluding hydrogens is 454 g/mol. The zero-order valence-corrected chi connectivity index (χ0v) is 18.9. The summed E-state index contributed by atoms with van der Waals surface area (Å²) in [5, 5.41) is 5.59. The number of rotatable bonds is 7. The van der Waals surface area contributed by atoms with Crippen LogP contribution >= 0.6 is 0 Å². The van der Waals surface area contributed by atoms with Gasteiger partial charge in [-0.15, -0.1) is 0 Å². The van der Waals surface area contributed by atoms with Gasteiger partial charge in [0.1, 0.15) is 12.4 Å². The molecule has 0 bridgehead atoms. The van der Waals surface area contributed by atoms with Crippen LogP contribution in [0.15, 0.2) is 47.5 Å². The Kier molecular flexibility index (Phi) is 6.80. The first-order chi connectivity index (χ1) is 17.2. The van der Waals surface area contributed by atoms with Crippen molar-refractivity contribution >= 4 is 23.5 Å². The summed E-state index contributed by atoms with van der Waals surface area (Å²) in [6.07, 6.45) is 8.30. The average Bonchev–Trinajstić information content (AvgIpc) is 3.58. The van der Waals surface area contributed by atoms with Crippen molar-refractivity contribution in [2.75, 3.05) is 36.5 Å². The summed E-state index contributed by atoms with van der Waals surface area (Å²) < 4.78 is 16.7. The third-order valence-electron chi connectivity index (χ3n) is 5.79. The molecule has 5 rings (SSSR count). The van der Waals surface area contributed by atoms with Crippen LogP contribution in [0.3, 0.4) is 0 Å². The minimum Gasteiger partial charge on any atom is -0.460 e. The Morgan fingerprint density at radius 3 is 2.60 bits per heavy atom. The lowest BCUT2D eigenvalue weighted by atomic mass is 10.1. The summed E-state index contributed by atoms with van der Waals surface area (Å²) in [5.74, 6) is -0.867. The van der Waals surface area contributed by atoms with Crippen molar-refractivity contribution in [2.24, 2.45) is 0 Å². The van der Waals surface area contributed by atoms with E-state index in [4.69, 9.17) is 13.9 Å². The van der Waals surface area contributed by atoms with E-state index in [2.05, 4.69) is 30.6 Å². The summed E-state index contributed by atoms with van der Waals surface area (Å²) in [4.78, 5) is 44.1.